The Morgan fingerprint density at radius 1 is 0.380 bits per heavy atom. The first-order valence-corrected chi connectivity index (χ1v) is 41.4. The second-order valence-electron chi connectivity index (χ2n) is 27.7. The minimum atomic E-state index is -0.945. The molecule has 36 nitrogen and oxygen atoms in total. The zero-order valence-corrected chi connectivity index (χ0v) is 74.1. The molecule has 12 aromatic heterocycles. The Labute approximate surface area is 712 Å². The molecule has 0 aliphatic carbocycles. The molecule has 12 aromatic rings. The van der Waals surface area contributed by atoms with Gasteiger partial charge in [-0.05, 0) is 117 Å². The lowest BCUT2D eigenvalue weighted by atomic mass is 10.1. The summed E-state index contributed by atoms with van der Waals surface area (Å²) in [6.45, 7) is 52.6. The maximum absolute atomic E-state index is 10.9. The number of ketones is 2. The molecule has 14 N–H and O–H groups in total. The van der Waals surface area contributed by atoms with Crippen molar-refractivity contribution < 1.29 is 29.3 Å². The van der Waals surface area contributed by atoms with Gasteiger partial charge in [-0.25, -0.2) is 29.9 Å². The molecule has 0 aliphatic heterocycles. The minimum absolute atomic E-state index is 0.145. The molecule has 0 saturated heterocycles. The van der Waals surface area contributed by atoms with E-state index < -0.39 is 6.10 Å². The number of nitrogen functional groups attached to an aromatic ring is 6. The van der Waals surface area contributed by atoms with Crippen molar-refractivity contribution in [2.45, 2.75) is 264 Å². The number of ether oxygens (including phenoxy) is 2. The van der Waals surface area contributed by atoms with Crippen LogP contribution in [0.1, 0.15) is 200 Å². The number of hydrogen-bond donors (Lipinski definition) is 8. The zero-order valence-electron chi connectivity index (χ0n) is 74.1. The third-order valence-corrected chi connectivity index (χ3v) is 18.3. The van der Waals surface area contributed by atoms with Gasteiger partial charge in [0.05, 0.1) is 120 Å². The molecule has 0 fully saturated rings. The van der Waals surface area contributed by atoms with E-state index in [2.05, 4.69) is 202 Å². The van der Waals surface area contributed by atoms with Crippen LogP contribution in [-0.2, 0) is 58.3 Å². The molecule has 0 bridgehead atoms. The maximum atomic E-state index is 10.9. The number of imidazole rings is 6. The highest BCUT2D eigenvalue weighted by atomic mass is 16.7. The van der Waals surface area contributed by atoms with Crippen LogP contribution in [0.3, 0.4) is 0 Å². The zero-order chi connectivity index (χ0) is 90.2. The molecule has 6 atom stereocenters. The van der Waals surface area contributed by atoms with E-state index in [1.54, 1.807) is 74.0 Å². The fourth-order valence-electron chi connectivity index (χ4n) is 10.1. The Hall–Kier alpha value is -12.0. The molecule has 12 heterocycles. The number of nitrogens with two attached hydrogens (primary N) is 6. The summed E-state index contributed by atoms with van der Waals surface area (Å²) in [6, 6.07) is 0. The highest BCUT2D eigenvalue weighted by Gasteiger charge is 2.17. The lowest BCUT2D eigenvalue weighted by molar-refractivity contribution is -0.159. The van der Waals surface area contributed by atoms with Gasteiger partial charge in [-0.15, -0.1) is 63.5 Å². The maximum Gasteiger partial charge on any atom is 0.174 e. The van der Waals surface area contributed by atoms with Gasteiger partial charge in [-0.2, -0.15) is 30.6 Å². The summed E-state index contributed by atoms with van der Waals surface area (Å²) in [7, 11) is 0. The van der Waals surface area contributed by atoms with Crippen LogP contribution in [0.5, 0.6) is 0 Å². The standard InChI is InChI=1S/C14H23N5O2.2C11H17N5.C10H13N5O2.C10H15N5O.C9H11N5O.5C4H8/c1-4-11(21-10(3)20-5-2)6-7-19-9-16-13-12(19)8-17-18-14(13)15;2*1-3-8(2)4-5-16-7-13-10-9(16)6-14-15-11(10)12;1-6(16)8(17)2-3-15-5-12-9-7(15)4-13-14-10(9)11;1-2-7(16)3-4-15-6-12-9-8(15)5-13-14-10(9)11;1-6(15)2-3-14-5-11-8-7(14)4-12-13-9(8)10;5*1-3-4-2/h8-11H,4-7H2,1-3H3,(H2,15,18);2*6-8H,3-5H2,1-2H3,(H2,12,15);4-5,8,17H,2-3H2,1H3,(H2,11,14);5-7,16H,2-4H2,1H3,(H2,11,14);4-5H,2-3H2,1H3,(H2,10,13);5*3H,1,4H2,2H3. The van der Waals surface area contributed by atoms with Gasteiger partial charge in [0.25, 0.3) is 0 Å². The Morgan fingerprint density at radius 3 is 0.851 bits per heavy atom. The Bertz CT molecular complexity index is 4650. The van der Waals surface area contributed by atoms with Gasteiger partial charge in [0.15, 0.2) is 47.0 Å². The smallest absolute Gasteiger partial charge is 0.174 e. The van der Waals surface area contributed by atoms with Gasteiger partial charge >= 0.3 is 0 Å². The van der Waals surface area contributed by atoms with Gasteiger partial charge < -0.3 is 81.5 Å². The fourth-order valence-corrected chi connectivity index (χ4v) is 10.1. The topological polar surface area (TPSA) is 511 Å². The van der Waals surface area contributed by atoms with Crippen molar-refractivity contribution in [2.24, 2.45) is 11.8 Å². The number of carbonyl (C=O) groups is 2. The number of anilines is 6. The minimum Gasteiger partial charge on any atom is -0.393 e. The summed E-state index contributed by atoms with van der Waals surface area (Å²) in [5.74, 6) is 3.45. The van der Waals surface area contributed by atoms with Crippen molar-refractivity contribution in [3.8, 4) is 0 Å². The Morgan fingerprint density at radius 2 is 0.628 bits per heavy atom. The van der Waals surface area contributed by atoms with E-state index in [0.29, 0.717) is 96.7 Å². The van der Waals surface area contributed by atoms with Crippen LogP contribution < -0.4 is 34.4 Å². The highest BCUT2D eigenvalue weighted by molar-refractivity contribution is 5.87. The van der Waals surface area contributed by atoms with Crippen LogP contribution in [0.2, 0.25) is 0 Å². The van der Waals surface area contributed by atoms with Crippen LogP contribution in [0.4, 0.5) is 34.9 Å². The van der Waals surface area contributed by atoms with E-state index in [1.165, 1.54) is 19.8 Å². The lowest BCUT2D eigenvalue weighted by Crippen LogP contribution is -2.23. The van der Waals surface area contributed by atoms with E-state index in [4.69, 9.17) is 43.9 Å². The number of rotatable bonds is 32. The predicted molar refractivity (Wildman–Crippen MR) is 487 cm³/mol. The van der Waals surface area contributed by atoms with Crippen molar-refractivity contribution in [2.75, 3.05) is 41.0 Å². The van der Waals surface area contributed by atoms with Crippen LogP contribution in [0.25, 0.3) is 66.2 Å². The first kappa shape index (κ1) is 105. The second kappa shape index (κ2) is 60.5. The number of carbonyl (C=O) groups excluding carboxylic acids is 2. The first-order chi connectivity index (χ1) is 58.2. The molecule has 0 radical (unpaired) electrons. The second-order valence-corrected chi connectivity index (χ2v) is 27.7. The molecule has 12 rings (SSSR count). The number of nitrogens with zero attached hydrogens (tertiary/aromatic N) is 24. The molecule has 0 aliphatic rings. The Kier molecular flexibility index (Phi) is 52.5. The summed E-state index contributed by atoms with van der Waals surface area (Å²) in [5, 5.41) is 64.3. The number of aliphatic hydroxyl groups excluding tert-OH is 2. The highest BCUT2D eigenvalue weighted by Crippen LogP contribution is 2.23. The third-order valence-electron chi connectivity index (χ3n) is 18.3. The largest absolute Gasteiger partial charge is 0.393 e. The SMILES string of the molecule is C=CCC.C=CCC.C=CCC.C=CCC.C=CCC.CC(=O)C(O)CCn1cnc2c(N)nncc21.CC(=O)CCn1cnc2c(N)nncc21.CCC(C)CCn1cnc2c(N)nncc21.CCC(C)CCn1cnc2c(N)nncc21.CCC(O)CCn1cnc2c(N)nncc21.CCOC(C)OC(CC)CCn1cnc2c(N)nncc21. The van der Waals surface area contributed by atoms with Crippen LogP contribution in [-0.4, -0.2) is 171 Å². The van der Waals surface area contributed by atoms with E-state index in [0.717, 1.165) is 140 Å². The molecular weight excluding hydrogens is 1540 g/mol. The van der Waals surface area contributed by atoms with Crippen molar-refractivity contribution in [3.63, 3.8) is 0 Å². The van der Waals surface area contributed by atoms with Gasteiger partial charge in [0, 0.05) is 52.3 Å². The monoisotopic (exact) mass is 1670 g/mol. The number of fused-ring (bicyclic) bond motifs is 6. The van der Waals surface area contributed by atoms with Gasteiger partial charge in [0.1, 0.15) is 45.0 Å². The summed E-state index contributed by atoms with van der Waals surface area (Å²) in [5.41, 5.74) is 43.4. The third kappa shape index (κ3) is 37.4. The number of aliphatic hydroxyl groups is 2. The van der Waals surface area contributed by atoms with Crippen LogP contribution in [0.15, 0.2) is 138 Å². The number of aromatic nitrogens is 24. The molecule has 6 unspecified atom stereocenters. The Balaban J connectivity index is 0.000000471. The lowest BCUT2D eigenvalue weighted by Gasteiger charge is -2.21. The average molecular weight is 1670 g/mol. The van der Waals surface area contributed by atoms with Crippen LogP contribution in [0, 0.1) is 11.8 Å². The summed E-state index contributed by atoms with van der Waals surface area (Å²) in [4.78, 5) is 47.0. The molecule has 0 amide bonds. The molecule has 0 aromatic carbocycles. The number of Topliss-reactive ketones (excluding diaryl/α,β-unsaturated/α-hetero) is 2. The molecule has 36 heteroatoms. The van der Waals surface area contributed by atoms with E-state index in [1.807, 2.05) is 77.5 Å². The van der Waals surface area contributed by atoms with Crippen molar-refractivity contribution in [3.05, 3.63) is 138 Å². The molecule has 0 spiro atoms. The van der Waals surface area contributed by atoms with E-state index >= 15 is 0 Å². The average Bonchev–Trinajstić information content (AvgIpc) is 1.72. The van der Waals surface area contributed by atoms with E-state index in [9.17, 15) is 19.8 Å². The fraction of sp³-hybridized carbons (Fsp3) is 0.506. The van der Waals surface area contributed by atoms with Crippen molar-refractivity contribution in [1.29, 1.82) is 0 Å². The predicted octanol–water partition coefficient (Wildman–Crippen LogP) is 14.3. The molecule has 662 valence electrons. The van der Waals surface area contributed by atoms with Crippen LogP contribution >= 0.6 is 0 Å². The van der Waals surface area contributed by atoms with Gasteiger partial charge in [-0.1, -0.05) is 119 Å². The molecular formula is C85H136N30O6. The first-order valence-electron chi connectivity index (χ1n) is 41.4. The normalized spacial score (nSPS) is 11.9. The van der Waals surface area contributed by atoms with Gasteiger partial charge in [-0.3, -0.25) is 9.59 Å². The number of aryl methyl sites for hydroxylation is 6. The summed E-state index contributed by atoms with van der Waals surface area (Å²) < 4.78 is 23.1. The molecule has 0 saturated carbocycles. The summed E-state index contributed by atoms with van der Waals surface area (Å²) >= 11 is 0. The van der Waals surface area contributed by atoms with Crippen molar-refractivity contribution >= 4 is 113 Å². The van der Waals surface area contributed by atoms with Crippen molar-refractivity contribution in [1.82, 2.24) is 118 Å². The number of hydrogen-bond acceptors (Lipinski definition) is 30. The number of allylic oxidation sites excluding steroid dienone is 5. The quantitative estimate of drug-likeness (QED) is 0.0143. The van der Waals surface area contributed by atoms with Gasteiger partial charge in [0.2, 0.25) is 0 Å². The molecule has 121 heavy (non-hydrogen) atoms. The van der Waals surface area contributed by atoms with E-state index in [-0.39, 0.29) is 35.9 Å². The summed E-state index contributed by atoms with van der Waals surface area (Å²) in [6.07, 6.45) is 42.6.